The van der Waals surface area contributed by atoms with E-state index in [4.69, 9.17) is 4.74 Å². The number of rotatable bonds is 6. The highest BCUT2D eigenvalue weighted by Gasteiger charge is 2.29. The van der Waals surface area contributed by atoms with Gasteiger partial charge in [-0.2, -0.15) is 0 Å². The van der Waals surface area contributed by atoms with Crippen molar-refractivity contribution in [1.29, 1.82) is 0 Å². The molecule has 29 heavy (non-hydrogen) atoms. The highest BCUT2D eigenvalue weighted by Crippen LogP contribution is 2.25. The Hall–Kier alpha value is -2.48. The second kappa shape index (κ2) is 8.90. The van der Waals surface area contributed by atoms with Gasteiger partial charge in [0.15, 0.2) is 21.4 Å². The molecule has 1 aliphatic heterocycles. The van der Waals surface area contributed by atoms with E-state index in [-0.39, 0.29) is 34.0 Å². The average Bonchev–Trinajstić information content (AvgIpc) is 2.70. The Morgan fingerprint density at radius 2 is 1.83 bits per heavy atom. The van der Waals surface area contributed by atoms with Crippen LogP contribution in [0.2, 0.25) is 0 Å². The summed E-state index contributed by atoms with van der Waals surface area (Å²) in [6.45, 7) is 2.49. The normalized spacial score (nSPS) is 15.3. The molecule has 1 heterocycles. The van der Waals surface area contributed by atoms with Gasteiger partial charge in [-0.25, -0.2) is 17.2 Å². The Bertz CT molecular complexity index is 986. The second-order valence-corrected chi connectivity index (χ2v) is 9.08. The van der Waals surface area contributed by atoms with Crippen LogP contribution in [0.15, 0.2) is 47.4 Å². The number of hydrogen-bond donors (Lipinski definition) is 0. The van der Waals surface area contributed by atoms with Crippen molar-refractivity contribution in [2.45, 2.75) is 37.2 Å². The van der Waals surface area contributed by atoms with Gasteiger partial charge in [0.05, 0.1) is 16.2 Å². The minimum absolute atomic E-state index is 0.0174. The molecule has 0 aromatic heterocycles. The molecule has 0 atom stereocenters. The molecule has 0 saturated carbocycles. The Morgan fingerprint density at radius 3 is 2.48 bits per heavy atom. The Balaban J connectivity index is 1.68. The lowest BCUT2D eigenvalue weighted by Gasteiger charge is -2.32. The number of sulfone groups is 1. The summed E-state index contributed by atoms with van der Waals surface area (Å²) in [5, 5.41) is 0. The number of carbonyl (C=O) groups excluding carboxylic acids is 1. The monoisotopic (exact) mass is 423 g/mol. The van der Waals surface area contributed by atoms with Crippen molar-refractivity contribution in [2.75, 3.05) is 18.8 Å². The summed E-state index contributed by atoms with van der Waals surface area (Å²) in [6, 6.07) is 9.39. The number of nitrogens with zero attached hydrogens (tertiary/aromatic N) is 1. The first-order valence-corrected chi connectivity index (χ1v) is 11.2. The van der Waals surface area contributed by atoms with Crippen LogP contribution in [0, 0.1) is 11.6 Å². The molecular formula is C21H23F2NO4S. The van der Waals surface area contributed by atoms with Crippen LogP contribution in [-0.4, -0.2) is 44.2 Å². The van der Waals surface area contributed by atoms with Gasteiger partial charge < -0.3 is 9.64 Å². The second-order valence-electron chi connectivity index (χ2n) is 7.00. The standard InChI is InChI=1S/C21H23F2NO4S/c1-2-13-29(26,27)20-6-4-3-5-17(20)21(25)24-11-9-16(10-12-24)28-19-8-7-15(22)14-18(19)23/h3-8,14,16H,2,9-13H2,1H3. The molecule has 0 radical (unpaired) electrons. The lowest BCUT2D eigenvalue weighted by atomic mass is 10.1. The van der Waals surface area contributed by atoms with Crippen molar-refractivity contribution < 1.29 is 26.7 Å². The predicted molar refractivity (Wildman–Crippen MR) is 105 cm³/mol. The smallest absolute Gasteiger partial charge is 0.255 e. The quantitative estimate of drug-likeness (QED) is 0.708. The molecule has 0 bridgehead atoms. The highest BCUT2D eigenvalue weighted by atomic mass is 32.2. The number of piperidine rings is 1. The zero-order valence-corrected chi connectivity index (χ0v) is 16.9. The van der Waals surface area contributed by atoms with E-state index < -0.39 is 21.5 Å². The summed E-state index contributed by atoms with van der Waals surface area (Å²) < 4.78 is 57.4. The molecule has 1 saturated heterocycles. The maximum Gasteiger partial charge on any atom is 0.255 e. The zero-order valence-electron chi connectivity index (χ0n) is 16.1. The van der Waals surface area contributed by atoms with Gasteiger partial charge in [0.2, 0.25) is 0 Å². The van der Waals surface area contributed by atoms with Crippen LogP contribution >= 0.6 is 0 Å². The molecule has 1 amide bonds. The molecule has 8 heteroatoms. The molecule has 2 aromatic carbocycles. The van der Waals surface area contributed by atoms with Crippen molar-refractivity contribution in [3.8, 4) is 5.75 Å². The minimum Gasteiger partial charge on any atom is -0.487 e. The van der Waals surface area contributed by atoms with Crippen LogP contribution in [0.5, 0.6) is 5.75 Å². The van der Waals surface area contributed by atoms with Gasteiger partial charge in [-0.3, -0.25) is 4.79 Å². The van der Waals surface area contributed by atoms with E-state index in [0.29, 0.717) is 32.4 Å². The molecule has 0 N–H and O–H groups in total. The predicted octanol–water partition coefficient (Wildman–Crippen LogP) is 3.83. The molecule has 5 nitrogen and oxygen atoms in total. The number of likely N-dealkylation sites (tertiary alicyclic amines) is 1. The summed E-state index contributed by atoms with van der Waals surface area (Å²) in [5.74, 6) is -1.82. The average molecular weight is 423 g/mol. The largest absolute Gasteiger partial charge is 0.487 e. The van der Waals surface area contributed by atoms with E-state index in [1.54, 1.807) is 24.0 Å². The van der Waals surface area contributed by atoms with E-state index in [0.717, 1.165) is 12.1 Å². The molecule has 0 aliphatic carbocycles. The third-order valence-corrected chi connectivity index (χ3v) is 6.81. The summed E-state index contributed by atoms with van der Waals surface area (Å²) in [4.78, 5) is 14.6. The first-order chi connectivity index (χ1) is 13.8. The Kier molecular flexibility index (Phi) is 6.52. The Labute approximate surface area is 169 Å². The maximum absolute atomic E-state index is 13.8. The van der Waals surface area contributed by atoms with E-state index >= 15 is 0 Å². The molecular weight excluding hydrogens is 400 g/mol. The lowest BCUT2D eigenvalue weighted by molar-refractivity contribution is 0.0584. The summed E-state index contributed by atoms with van der Waals surface area (Å²) in [6.07, 6.45) is 1.09. The van der Waals surface area contributed by atoms with Crippen LogP contribution in [0.3, 0.4) is 0 Å². The number of benzene rings is 2. The number of carbonyl (C=O) groups is 1. The van der Waals surface area contributed by atoms with Gasteiger partial charge in [0.25, 0.3) is 5.91 Å². The van der Waals surface area contributed by atoms with Crippen molar-refractivity contribution >= 4 is 15.7 Å². The fourth-order valence-electron chi connectivity index (χ4n) is 3.39. The topological polar surface area (TPSA) is 63.7 Å². The molecule has 0 unspecified atom stereocenters. The third-order valence-electron chi connectivity index (χ3n) is 4.84. The molecule has 3 rings (SSSR count). The van der Waals surface area contributed by atoms with Crippen LogP contribution in [-0.2, 0) is 9.84 Å². The molecule has 0 spiro atoms. The van der Waals surface area contributed by atoms with Crippen LogP contribution in [0.1, 0.15) is 36.5 Å². The number of halogens is 2. The molecule has 1 fully saturated rings. The lowest BCUT2D eigenvalue weighted by Crippen LogP contribution is -2.42. The van der Waals surface area contributed by atoms with Crippen molar-refractivity contribution in [3.05, 3.63) is 59.7 Å². The first-order valence-electron chi connectivity index (χ1n) is 9.54. The van der Waals surface area contributed by atoms with Gasteiger partial charge in [-0.15, -0.1) is 0 Å². The van der Waals surface area contributed by atoms with E-state index in [9.17, 15) is 22.0 Å². The maximum atomic E-state index is 13.8. The molecule has 2 aromatic rings. The van der Waals surface area contributed by atoms with Crippen molar-refractivity contribution in [1.82, 2.24) is 4.90 Å². The highest BCUT2D eigenvalue weighted by molar-refractivity contribution is 7.91. The first kappa shape index (κ1) is 21.2. The number of hydrogen-bond acceptors (Lipinski definition) is 4. The van der Waals surface area contributed by atoms with Gasteiger partial charge >= 0.3 is 0 Å². The van der Waals surface area contributed by atoms with Crippen LogP contribution in [0.25, 0.3) is 0 Å². The summed E-state index contributed by atoms with van der Waals surface area (Å²) in [7, 11) is -3.53. The van der Waals surface area contributed by atoms with Crippen molar-refractivity contribution in [3.63, 3.8) is 0 Å². The van der Waals surface area contributed by atoms with Gasteiger partial charge in [0.1, 0.15) is 11.9 Å². The van der Waals surface area contributed by atoms with Crippen LogP contribution in [0.4, 0.5) is 8.78 Å². The van der Waals surface area contributed by atoms with E-state index in [2.05, 4.69) is 0 Å². The molecule has 156 valence electrons. The van der Waals surface area contributed by atoms with E-state index in [1.165, 1.54) is 18.2 Å². The SMILES string of the molecule is CCCS(=O)(=O)c1ccccc1C(=O)N1CCC(Oc2ccc(F)cc2F)CC1. The Morgan fingerprint density at radius 1 is 1.14 bits per heavy atom. The van der Waals surface area contributed by atoms with Gasteiger partial charge in [0, 0.05) is 32.0 Å². The zero-order chi connectivity index (χ0) is 21.0. The fraction of sp³-hybridized carbons (Fsp3) is 0.381. The summed E-state index contributed by atoms with van der Waals surface area (Å²) in [5.41, 5.74) is 0.171. The summed E-state index contributed by atoms with van der Waals surface area (Å²) >= 11 is 0. The fourth-order valence-corrected chi connectivity index (χ4v) is 4.92. The number of amides is 1. The van der Waals surface area contributed by atoms with Crippen LogP contribution < -0.4 is 4.74 Å². The molecule has 1 aliphatic rings. The van der Waals surface area contributed by atoms with Gasteiger partial charge in [-0.1, -0.05) is 19.1 Å². The van der Waals surface area contributed by atoms with Gasteiger partial charge in [-0.05, 0) is 30.7 Å². The minimum atomic E-state index is -3.53. The third kappa shape index (κ3) is 4.93. The van der Waals surface area contributed by atoms with Crippen molar-refractivity contribution in [2.24, 2.45) is 0 Å². The van der Waals surface area contributed by atoms with E-state index in [1.807, 2.05) is 0 Å². The number of ether oxygens (including phenoxy) is 1.